The molecule has 0 bridgehead atoms. The molecule has 2 fully saturated rings. The fourth-order valence-corrected chi connectivity index (χ4v) is 8.81. The molecule has 0 spiro atoms. The molecule has 3 heterocycles. The summed E-state index contributed by atoms with van der Waals surface area (Å²) in [6.45, 7) is 11.5. The van der Waals surface area contributed by atoms with Crippen molar-refractivity contribution in [2.75, 3.05) is 52.4 Å². The molecule has 1 aromatic heterocycles. The number of carbonyl (C=O) groups excluding carboxylic acids is 6. The van der Waals surface area contributed by atoms with Crippen LogP contribution in [0.5, 0.6) is 0 Å². The van der Waals surface area contributed by atoms with Crippen molar-refractivity contribution in [3.8, 4) is 11.3 Å². The highest BCUT2D eigenvalue weighted by Crippen LogP contribution is 2.30. The Labute approximate surface area is 429 Å². The molecule has 3 N–H and O–H groups in total. The van der Waals surface area contributed by atoms with Gasteiger partial charge in [-0.1, -0.05) is 106 Å². The quantitative estimate of drug-likeness (QED) is 0.0309. The van der Waals surface area contributed by atoms with Crippen LogP contribution >= 0.6 is 0 Å². The Kier molecular flexibility index (Phi) is 21.3. The Bertz CT molecular complexity index is 2570. The van der Waals surface area contributed by atoms with Gasteiger partial charge in [-0.15, -0.1) is 5.10 Å². The Morgan fingerprint density at radius 3 is 1.90 bits per heavy atom. The molecule has 5 atom stereocenters. The maximum atomic E-state index is 14.5. The fourth-order valence-electron chi connectivity index (χ4n) is 8.81. The van der Waals surface area contributed by atoms with Gasteiger partial charge in [0.2, 0.25) is 18.5 Å². The minimum Gasteiger partial charge on any atom is -0.411 e. The van der Waals surface area contributed by atoms with Gasteiger partial charge in [0.15, 0.2) is 17.3 Å². The number of hydrogen-bond donors (Lipinski definition) is 3. The first-order valence-electron chi connectivity index (χ1n) is 24.9. The molecule has 19 heteroatoms. The van der Waals surface area contributed by atoms with E-state index in [4.69, 9.17) is 18.8 Å². The summed E-state index contributed by atoms with van der Waals surface area (Å²) in [5, 5.41) is 14.1. The number of hydrogen-bond acceptors (Lipinski definition) is 13. The number of benzene rings is 3. The molecule has 4 aromatic rings. The third-order valence-corrected chi connectivity index (χ3v) is 12.9. The van der Waals surface area contributed by atoms with Crippen molar-refractivity contribution in [2.45, 2.75) is 97.2 Å². The second-order valence-corrected chi connectivity index (χ2v) is 22.0. The average Bonchev–Trinajstić information content (AvgIpc) is 3.95. The zero-order valence-electron chi connectivity index (χ0n) is 43.2. The number of amides is 2. The molecule has 18 nitrogen and oxygen atoms in total. The van der Waals surface area contributed by atoms with E-state index in [1.54, 1.807) is 49.1 Å². The molecule has 2 aliphatic heterocycles. The molecule has 3 aromatic carbocycles. The lowest BCUT2D eigenvalue weighted by atomic mass is 9.87. The smallest absolute Gasteiger partial charge is 0.342 e. The molecular weight excluding hydrogens is 957 g/mol. The number of aromatic nitrogens is 3. The van der Waals surface area contributed by atoms with Crippen molar-refractivity contribution in [1.82, 2.24) is 25.6 Å². The van der Waals surface area contributed by atoms with Gasteiger partial charge in [-0.05, 0) is 74.1 Å². The third kappa shape index (κ3) is 19.4. The summed E-state index contributed by atoms with van der Waals surface area (Å²) in [6, 6.07) is 24.3. The number of morpholine rings is 1. The number of epoxide rings is 1. The Balaban J connectivity index is 0.00000188. The van der Waals surface area contributed by atoms with Crippen LogP contribution in [0, 0.1) is 23.7 Å². The molecular formula is C54H73N6O12S+. The van der Waals surface area contributed by atoms with Gasteiger partial charge in [0, 0.05) is 37.3 Å². The lowest BCUT2D eigenvalue weighted by Gasteiger charge is -2.39. The summed E-state index contributed by atoms with van der Waals surface area (Å²) in [5.41, 5.74) is 2.76. The predicted molar refractivity (Wildman–Crippen MR) is 273 cm³/mol. The molecule has 0 aliphatic carbocycles. The second kappa shape index (κ2) is 26.8. The van der Waals surface area contributed by atoms with Crippen molar-refractivity contribution in [1.29, 1.82) is 0 Å². The maximum absolute atomic E-state index is 14.5. The van der Waals surface area contributed by atoms with Crippen LogP contribution in [0.25, 0.3) is 11.3 Å². The van der Waals surface area contributed by atoms with E-state index in [0.717, 1.165) is 16.7 Å². The molecule has 0 radical (unpaired) electrons. The van der Waals surface area contributed by atoms with Crippen molar-refractivity contribution in [3.05, 3.63) is 108 Å². The van der Waals surface area contributed by atoms with Gasteiger partial charge in [-0.25, -0.2) is 4.79 Å². The highest BCUT2D eigenvalue weighted by Gasteiger charge is 2.50. The van der Waals surface area contributed by atoms with Crippen LogP contribution in [-0.4, -0.2) is 138 Å². The van der Waals surface area contributed by atoms with E-state index in [9.17, 15) is 37.2 Å². The van der Waals surface area contributed by atoms with Crippen LogP contribution < -0.4 is 10.6 Å². The summed E-state index contributed by atoms with van der Waals surface area (Å²) < 4.78 is 44.6. The van der Waals surface area contributed by atoms with Gasteiger partial charge < -0.3 is 24.8 Å². The monoisotopic (exact) mass is 1030 g/mol. The van der Waals surface area contributed by atoms with Crippen LogP contribution in [0.2, 0.25) is 0 Å². The van der Waals surface area contributed by atoms with Gasteiger partial charge >= 0.3 is 5.97 Å². The van der Waals surface area contributed by atoms with Crippen molar-refractivity contribution >= 4 is 45.3 Å². The summed E-state index contributed by atoms with van der Waals surface area (Å²) >= 11 is 0. The van der Waals surface area contributed by atoms with Crippen molar-refractivity contribution < 1.29 is 60.4 Å². The number of esters is 1. The van der Waals surface area contributed by atoms with Gasteiger partial charge in [0.25, 0.3) is 10.1 Å². The van der Waals surface area contributed by atoms with Crippen LogP contribution in [0.4, 0.5) is 0 Å². The van der Waals surface area contributed by atoms with E-state index in [-0.39, 0.29) is 66.2 Å². The van der Waals surface area contributed by atoms with Crippen LogP contribution in [0.1, 0.15) is 88.2 Å². The van der Waals surface area contributed by atoms with Crippen LogP contribution in [0.15, 0.2) is 91.1 Å². The molecule has 2 amide bonds. The van der Waals surface area contributed by atoms with Crippen molar-refractivity contribution in [3.63, 3.8) is 0 Å². The van der Waals surface area contributed by atoms with Gasteiger partial charge in [-0.3, -0.25) is 37.7 Å². The molecule has 6 rings (SSSR count). The normalized spacial score (nSPS) is 17.8. The lowest BCUT2D eigenvalue weighted by molar-refractivity contribution is -0.943. The summed E-state index contributed by atoms with van der Waals surface area (Å²) in [5.74, 6) is -3.50. The number of quaternary nitrogens is 1. The van der Waals surface area contributed by atoms with E-state index in [0.29, 0.717) is 76.1 Å². The summed E-state index contributed by atoms with van der Waals surface area (Å²) in [6.07, 6.45) is 4.10. The average molecular weight is 1030 g/mol. The first-order chi connectivity index (χ1) is 34.5. The minimum atomic E-state index is -3.67. The Morgan fingerprint density at radius 1 is 0.808 bits per heavy atom. The topological polar surface area (TPSA) is 243 Å². The Morgan fingerprint density at radius 2 is 1.36 bits per heavy atom. The molecule has 0 saturated carbocycles. The van der Waals surface area contributed by atoms with Gasteiger partial charge in [0.05, 0.1) is 49.9 Å². The zero-order valence-corrected chi connectivity index (χ0v) is 44.0. The van der Waals surface area contributed by atoms with Crippen LogP contribution in [-0.2, 0) is 68.2 Å². The maximum Gasteiger partial charge on any atom is 0.342 e. The molecule has 73 heavy (non-hydrogen) atoms. The largest absolute Gasteiger partial charge is 0.411 e. The first kappa shape index (κ1) is 57.9. The van der Waals surface area contributed by atoms with E-state index in [1.807, 2.05) is 88.4 Å². The predicted octanol–water partition coefficient (Wildman–Crippen LogP) is 5.39. The number of ether oxygens (including phenoxy) is 3. The molecule has 396 valence electrons. The standard InChI is InChI=1S/C53H68N6O9.CH4O3S/c1-36(2)27-45(48(61)31-43(29-39-15-11-8-12-16-39)51(64)55-46(28-37(3)4)49(62)53(5)34-68-53)54-50(63)42(18-17-38-13-9-7-10-14-38)30-44(60)33-59(23-25-66-26-24-59)35-67-52(65)41-21-19-40(20-22-41)47-32-58(6)57-56-47;1-5(2,3)4/h7-16,19-22,32,36-37,42-43,45-46H,17-18,23-31,33-35H2,1-6H3,(H-,54,55,63,64);1H3,(H,2,3,4)/p+1/t42-,43-,45+,46+,53-;/m1./s1. The number of nitrogens with one attached hydrogen (secondary N) is 2. The number of carbonyl (C=O) groups is 6. The number of aryl methyl sites for hydroxylation is 2. The van der Waals surface area contributed by atoms with Crippen molar-refractivity contribution in [2.24, 2.45) is 30.7 Å². The SMILES string of the molecule is CC(C)C[C@H](NC(=O)[C@H](CCc1ccccc1)CC(=O)C[N+]1(COC(=O)c2ccc(-c3cn(C)nn3)cc2)CCOCC1)C(=O)C[C@@H](Cc1ccccc1)C(=O)N[C@@H](CC(C)C)C(=O)[C@@]1(C)CO1.CS(=O)(=O)O. The van der Waals surface area contributed by atoms with E-state index in [1.165, 1.54) is 0 Å². The van der Waals surface area contributed by atoms with E-state index >= 15 is 0 Å². The highest BCUT2D eigenvalue weighted by molar-refractivity contribution is 7.85. The second-order valence-electron chi connectivity index (χ2n) is 20.5. The zero-order chi connectivity index (χ0) is 53.3. The molecule has 0 unspecified atom stereocenters. The highest BCUT2D eigenvalue weighted by atomic mass is 32.2. The Hall–Kier alpha value is -5.99. The lowest BCUT2D eigenvalue weighted by Crippen LogP contribution is -2.59. The van der Waals surface area contributed by atoms with Gasteiger partial charge in [-0.2, -0.15) is 8.42 Å². The minimum absolute atomic E-state index is 0.00637. The van der Waals surface area contributed by atoms with E-state index in [2.05, 4.69) is 20.9 Å². The third-order valence-electron chi connectivity index (χ3n) is 12.9. The summed E-state index contributed by atoms with van der Waals surface area (Å²) in [4.78, 5) is 84.4. The number of nitrogens with zero attached hydrogens (tertiary/aromatic N) is 4. The van der Waals surface area contributed by atoms with Gasteiger partial charge in [0.1, 0.15) is 30.9 Å². The fraction of sp³-hybridized carbons (Fsp3) is 0.519. The van der Waals surface area contributed by atoms with E-state index < -0.39 is 57.4 Å². The molecule has 2 saturated heterocycles. The number of Topliss-reactive ketones (excluding diaryl/α,β-unsaturated/α-hetero) is 3. The molecule has 2 aliphatic rings. The first-order valence-corrected chi connectivity index (χ1v) is 26.8. The summed E-state index contributed by atoms with van der Waals surface area (Å²) in [7, 11) is -1.89. The number of rotatable bonds is 26. The number of ketones is 3. The van der Waals surface area contributed by atoms with Crippen LogP contribution in [0.3, 0.4) is 0 Å².